The maximum absolute atomic E-state index is 12.0. The summed E-state index contributed by atoms with van der Waals surface area (Å²) in [6.45, 7) is 4.77. The first kappa shape index (κ1) is 9.60. The molecule has 0 bridgehead atoms. The van der Waals surface area contributed by atoms with Crippen LogP contribution < -0.4 is 5.32 Å². The molecule has 84 valence electrons. The zero-order chi connectivity index (χ0) is 10.3. The maximum Gasteiger partial charge on any atom is 0.237 e. The highest BCUT2D eigenvalue weighted by molar-refractivity contribution is 5.79. The van der Waals surface area contributed by atoms with Crippen LogP contribution in [0.25, 0.3) is 0 Å². The van der Waals surface area contributed by atoms with E-state index >= 15 is 0 Å². The van der Waals surface area contributed by atoms with Crippen molar-refractivity contribution >= 4 is 5.91 Å². The second-order valence-electron chi connectivity index (χ2n) is 4.94. The summed E-state index contributed by atoms with van der Waals surface area (Å²) in [5.41, 5.74) is 0. The van der Waals surface area contributed by atoms with Crippen LogP contribution in [-0.2, 0) is 4.79 Å². The average molecular weight is 209 g/mol. The van der Waals surface area contributed by atoms with E-state index in [0.717, 1.165) is 38.6 Å². The molecule has 0 radical (unpaired) electrons. The Labute approximate surface area is 90.6 Å². The third-order valence-corrected chi connectivity index (χ3v) is 3.83. The van der Waals surface area contributed by atoms with Crippen molar-refractivity contribution in [3.63, 3.8) is 0 Å². The van der Waals surface area contributed by atoms with Crippen molar-refractivity contribution in [2.45, 2.75) is 31.3 Å². The van der Waals surface area contributed by atoms with E-state index in [9.17, 15) is 4.79 Å². The molecule has 4 nitrogen and oxygen atoms in total. The van der Waals surface area contributed by atoms with Gasteiger partial charge in [0.1, 0.15) is 0 Å². The maximum atomic E-state index is 12.0. The topological polar surface area (TPSA) is 35.6 Å². The molecule has 1 N–H and O–H groups in total. The molecule has 3 rings (SSSR count). The van der Waals surface area contributed by atoms with Gasteiger partial charge in [0, 0.05) is 31.7 Å². The lowest BCUT2D eigenvalue weighted by molar-refractivity contribution is -0.138. The lowest BCUT2D eigenvalue weighted by atomic mass is 10.2. The zero-order valence-corrected chi connectivity index (χ0v) is 9.11. The molecule has 0 spiro atoms. The van der Waals surface area contributed by atoms with Gasteiger partial charge in [0.15, 0.2) is 0 Å². The Balaban J connectivity index is 1.59. The number of carbonyl (C=O) groups excluding carboxylic acids is 1. The highest BCUT2D eigenvalue weighted by Gasteiger charge is 2.36. The number of nitrogens with one attached hydrogen (secondary N) is 1. The summed E-state index contributed by atoms with van der Waals surface area (Å²) in [7, 11) is 0. The van der Waals surface area contributed by atoms with Crippen LogP contribution >= 0.6 is 0 Å². The van der Waals surface area contributed by atoms with E-state index < -0.39 is 0 Å². The molecule has 15 heavy (non-hydrogen) atoms. The number of carbonyl (C=O) groups is 1. The van der Waals surface area contributed by atoms with Crippen molar-refractivity contribution in [2.75, 3.05) is 32.7 Å². The molecule has 2 saturated heterocycles. The normalized spacial score (nSPS) is 33.7. The molecule has 4 heteroatoms. The predicted octanol–water partition coefficient (Wildman–Crippen LogP) is -0.345. The minimum atomic E-state index is 0.349. The molecule has 0 aromatic rings. The summed E-state index contributed by atoms with van der Waals surface area (Å²) < 4.78 is 0. The smallest absolute Gasteiger partial charge is 0.237 e. The van der Waals surface area contributed by atoms with E-state index in [4.69, 9.17) is 0 Å². The third-order valence-electron chi connectivity index (χ3n) is 3.83. The van der Waals surface area contributed by atoms with Crippen LogP contribution in [0.5, 0.6) is 0 Å². The molecule has 1 unspecified atom stereocenters. The van der Waals surface area contributed by atoms with Crippen LogP contribution in [0.2, 0.25) is 0 Å². The first-order valence-electron chi connectivity index (χ1n) is 6.09. The van der Waals surface area contributed by atoms with Gasteiger partial charge in [0.25, 0.3) is 0 Å². The summed E-state index contributed by atoms with van der Waals surface area (Å²) >= 11 is 0. The molecular formula is C11H19N3O. The van der Waals surface area contributed by atoms with E-state index in [1.807, 2.05) is 0 Å². The van der Waals surface area contributed by atoms with Gasteiger partial charge in [-0.3, -0.25) is 9.69 Å². The molecule has 1 saturated carbocycles. The van der Waals surface area contributed by atoms with Crippen LogP contribution in [0.4, 0.5) is 0 Å². The Kier molecular flexibility index (Phi) is 2.41. The highest BCUT2D eigenvalue weighted by Crippen LogP contribution is 2.28. The van der Waals surface area contributed by atoms with Gasteiger partial charge in [0.2, 0.25) is 5.91 Å². The van der Waals surface area contributed by atoms with Gasteiger partial charge in [-0.15, -0.1) is 0 Å². The van der Waals surface area contributed by atoms with E-state index in [1.54, 1.807) is 0 Å². The zero-order valence-electron chi connectivity index (χ0n) is 9.11. The number of amides is 1. The summed E-state index contributed by atoms with van der Waals surface area (Å²) in [6, 6.07) is 1.21. The number of rotatable bonds is 2. The quantitative estimate of drug-likeness (QED) is 0.675. The van der Waals surface area contributed by atoms with Crippen molar-refractivity contribution in [1.29, 1.82) is 0 Å². The van der Waals surface area contributed by atoms with Crippen molar-refractivity contribution in [3.8, 4) is 0 Å². The Bertz CT molecular complexity index is 259. The van der Waals surface area contributed by atoms with Crippen molar-refractivity contribution in [3.05, 3.63) is 0 Å². The Morgan fingerprint density at radius 3 is 2.60 bits per heavy atom. The number of nitrogens with zero attached hydrogens (tertiary/aromatic N) is 2. The van der Waals surface area contributed by atoms with Crippen LogP contribution in [0.3, 0.4) is 0 Å². The van der Waals surface area contributed by atoms with Gasteiger partial charge in [-0.1, -0.05) is 0 Å². The molecule has 2 aliphatic heterocycles. The van der Waals surface area contributed by atoms with E-state index in [-0.39, 0.29) is 0 Å². The molecule has 0 aromatic carbocycles. The lowest BCUT2D eigenvalue weighted by Crippen LogP contribution is -2.54. The fourth-order valence-electron chi connectivity index (χ4n) is 2.75. The highest BCUT2D eigenvalue weighted by atomic mass is 16.2. The van der Waals surface area contributed by atoms with Crippen molar-refractivity contribution < 1.29 is 4.79 Å². The minimum absolute atomic E-state index is 0.349. The summed E-state index contributed by atoms with van der Waals surface area (Å²) in [5, 5.41) is 3.33. The fourth-order valence-corrected chi connectivity index (χ4v) is 2.75. The monoisotopic (exact) mass is 209 g/mol. The Morgan fingerprint density at radius 1 is 1.13 bits per heavy atom. The van der Waals surface area contributed by atoms with Gasteiger partial charge in [0.05, 0.1) is 6.54 Å². The third kappa shape index (κ3) is 1.88. The average Bonchev–Trinajstić information content (AvgIpc) is 2.95. The predicted molar refractivity (Wildman–Crippen MR) is 57.6 cm³/mol. The number of hydrogen-bond donors (Lipinski definition) is 1. The van der Waals surface area contributed by atoms with Gasteiger partial charge in [-0.25, -0.2) is 0 Å². The molecule has 0 aromatic heterocycles. The molecule has 1 atom stereocenters. The van der Waals surface area contributed by atoms with E-state index in [0.29, 0.717) is 18.5 Å². The van der Waals surface area contributed by atoms with Gasteiger partial charge < -0.3 is 10.2 Å². The molecule has 2 heterocycles. The molecule has 1 amide bonds. The van der Waals surface area contributed by atoms with Gasteiger partial charge >= 0.3 is 0 Å². The first-order valence-corrected chi connectivity index (χ1v) is 6.09. The van der Waals surface area contributed by atoms with Crippen LogP contribution in [-0.4, -0.2) is 60.5 Å². The van der Waals surface area contributed by atoms with Crippen LogP contribution in [0, 0.1) is 0 Å². The summed E-state index contributed by atoms with van der Waals surface area (Å²) in [4.78, 5) is 16.4. The standard InChI is InChI=1S/C11H19N3O/c15-11-8-13(9-1-2-9)5-6-14(11)10-3-4-12-7-10/h9-10,12H,1-8H2. The second kappa shape index (κ2) is 3.76. The van der Waals surface area contributed by atoms with Crippen LogP contribution in [0.1, 0.15) is 19.3 Å². The van der Waals surface area contributed by atoms with Crippen LogP contribution in [0.15, 0.2) is 0 Å². The Hall–Kier alpha value is -0.610. The summed E-state index contributed by atoms with van der Waals surface area (Å²) in [6.07, 6.45) is 3.74. The van der Waals surface area contributed by atoms with E-state index in [1.165, 1.54) is 12.8 Å². The van der Waals surface area contributed by atoms with Gasteiger partial charge in [-0.05, 0) is 25.8 Å². The SMILES string of the molecule is O=C1CN(C2CC2)CCN1C1CCNC1. The summed E-state index contributed by atoms with van der Waals surface area (Å²) in [5.74, 6) is 0.349. The largest absolute Gasteiger partial charge is 0.336 e. The first-order chi connectivity index (χ1) is 7.34. The molecule has 1 aliphatic carbocycles. The van der Waals surface area contributed by atoms with E-state index in [2.05, 4.69) is 15.1 Å². The Morgan fingerprint density at radius 2 is 2.00 bits per heavy atom. The van der Waals surface area contributed by atoms with Gasteiger partial charge in [-0.2, -0.15) is 0 Å². The second-order valence-corrected chi connectivity index (χ2v) is 4.94. The number of hydrogen-bond acceptors (Lipinski definition) is 3. The fraction of sp³-hybridized carbons (Fsp3) is 0.909. The van der Waals surface area contributed by atoms with Crippen molar-refractivity contribution in [2.24, 2.45) is 0 Å². The molecule has 3 aliphatic rings. The minimum Gasteiger partial charge on any atom is -0.336 e. The molecule has 3 fully saturated rings. The number of piperazine rings is 1. The lowest BCUT2D eigenvalue weighted by Gasteiger charge is -2.37. The van der Waals surface area contributed by atoms with Crippen molar-refractivity contribution in [1.82, 2.24) is 15.1 Å². The molecular weight excluding hydrogens is 190 g/mol.